The summed E-state index contributed by atoms with van der Waals surface area (Å²) in [5.74, 6) is 3.31. The van der Waals surface area contributed by atoms with Gasteiger partial charge in [-0.15, -0.1) is 0 Å². The molecule has 0 bridgehead atoms. The highest BCUT2D eigenvalue weighted by Gasteiger charge is 2.25. The van der Waals surface area contributed by atoms with Crippen LogP contribution in [0.4, 0.5) is 0 Å². The Hall–Kier alpha value is -3.94. The van der Waals surface area contributed by atoms with Gasteiger partial charge in [-0.25, -0.2) is 19.6 Å². The van der Waals surface area contributed by atoms with E-state index in [9.17, 15) is 0 Å². The molecule has 4 heterocycles. The number of imidazole rings is 1. The van der Waals surface area contributed by atoms with Crippen LogP contribution in [0.3, 0.4) is 0 Å². The van der Waals surface area contributed by atoms with Crippen LogP contribution in [-0.4, -0.2) is 43.5 Å². The number of rotatable bonds is 6. The number of nitrogens with zero attached hydrogens (tertiary/aromatic N) is 6. The van der Waals surface area contributed by atoms with Crippen molar-refractivity contribution in [2.75, 3.05) is 14.2 Å². The molecule has 1 aliphatic heterocycles. The topological polar surface area (TPSA) is 79.9 Å². The first-order valence-electron chi connectivity index (χ1n) is 11.0. The zero-order chi connectivity index (χ0) is 22.8. The van der Waals surface area contributed by atoms with Crippen LogP contribution in [0.15, 0.2) is 48.9 Å². The van der Waals surface area contributed by atoms with Crippen molar-refractivity contribution in [1.29, 1.82) is 0 Å². The maximum Gasteiger partial charge on any atom is 0.238 e. The number of ether oxygens (including phenoxy) is 2. The standard InChI is InChI=1S/C25H26N6O2/c1-17-15-30(16-26-17)22-12-8-19(27-25(22)33-3)9-13-23-28-24-21(5-4-14-31(24)29-23)18-6-10-20(32-2)11-7-18/h6-13,15-16,21H,4-5,14H2,1-3H3. The third kappa shape index (κ3) is 4.24. The Morgan fingerprint density at radius 2 is 1.85 bits per heavy atom. The monoisotopic (exact) mass is 442 g/mol. The van der Waals surface area contributed by atoms with Gasteiger partial charge in [0.2, 0.25) is 5.88 Å². The smallest absolute Gasteiger partial charge is 0.238 e. The maximum atomic E-state index is 5.51. The summed E-state index contributed by atoms with van der Waals surface area (Å²) in [6.07, 6.45) is 9.64. The lowest BCUT2D eigenvalue weighted by Crippen LogP contribution is -2.17. The van der Waals surface area contributed by atoms with E-state index in [2.05, 4.69) is 22.1 Å². The molecule has 1 aliphatic rings. The highest BCUT2D eigenvalue weighted by Crippen LogP contribution is 2.33. The zero-order valence-corrected chi connectivity index (χ0v) is 19.0. The fraction of sp³-hybridized carbons (Fsp3) is 0.280. The highest BCUT2D eigenvalue weighted by atomic mass is 16.5. The number of fused-ring (bicyclic) bond motifs is 1. The van der Waals surface area contributed by atoms with E-state index in [0.29, 0.717) is 11.7 Å². The van der Waals surface area contributed by atoms with Crippen molar-refractivity contribution >= 4 is 12.2 Å². The molecule has 1 unspecified atom stereocenters. The van der Waals surface area contributed by atoms with Gasteiger partial charge in [-0.05, 0) is 61.7 Å². The molecule has 1 atom stereocenters. The Kier molecular flexibility index (Phi) is 5.64. The van der Waals surface area contributed by atoms with Crippen molar-refractivity contribution in [3.05, 3.63) is 77.5 Å². The number of aromatic nitrogens is 6. The average Bonchev–Trinajstić information content (AvgIpc) is 3.48. The Morgan fingerprint density at radius 3 is 2.58 bits per heavy atom. The predicted octanol–water partition coefficient (Wildman–Crippen LogP) is 4.28. The molecule has 8 nitrogen and oxygen atoms in total. The van der Waals surface area contributed by atoms with Gasteiger partial charge in [0.15, 0.2) is 5.82 Å². The van der Waals surface area contributed by atoms with Crippen LogP contribution in [0.25, 0.3) is 17.8 Å². The fourth-order valence-electron chi connectivity index (χ4n) is 4.19. The SMILES string of the molecule is COc1ccc(C2CCCn3nc(C=Cc4ccc(-n5cnc(C)c5)c(OC)n4)nc32)cc1. The molecule has 3 aromatic heterocycles. The number of benzene rings is 1. The van der Waals surface area contributed by atoms with Crippen molar-refractivity contribution in [3.8, 4) is 17.3 Å². The number of aryl methyl sites for hydroxylation is 2. The number of hydrogen-bond donors (Lipinski definition) is 0. The molecule has 5 rings (SSSR count). The predicted molar refractivity (Wildman–Crippen MR) is 126 cm³/mol. The molecule has 33 heavy (non-hydrogen) atoms. The van der Waals surface area contributed by atoms with Gasteiger partial charge in [-0.3, -0.25) is 0 Å². The van der Waals surface area contributed by atoms with Crippen molar-refractivity contribution in [3.63, 3.8) is 0 Å². The minimum Gasteiger partial charge on any atom is -0.497 e. The average molecular weight is 443 g/mol. The summed E-state index contributed by atoms with van der Waals surface area (Å²) in [5.41, 5.74) is 3.78. The first-order chi connectivity index (χ1) is 16.1. The maximum absolute atomic E-state index is 5.51. The lowest BCUT2D eigenvalue weighted by molar-refractivity contribution is 0.395. The molecule has 168 valence electrons. The summed E-state index contributed by atoms with van der Waals surface area (Å²) < 4.78 is 14.7. The molecule has 0 N–H and O–H groups in total. The summed E-state index contributed by atoms with van der Waals surface area (Å²) in [7, 11) is 3.30. The van der Waals surface area contributed by atoms with Gasteiger partial charge in [0, 0.05) is 18.7 Å². The van der Waals surface area contributed by atoms with E-state index in [0.717, 1.165) is 48.0 Å². The quantitative estimate of drug-likeness (QED) is 0.443. The Morgan fingerprint density at radius 1 is 1.00 bits per heavy atom. The molecule has 0 radical (unpaired) electrons. The van der Waals surface area contributed by atoms with Crippen LogP contribution in [0.5, 0.6) is 11.6 Å². The van der Waals surface area contributed by atoms with Crippen molar-refractivity contribution in [2.24, 2.45) is 0 Å². The van der Waals surface area contributed by atoms with Crippen LogP contribution >= 0.6 is 0 Å². The molecule has 0 fully saturated rings. The number of methoxy groups -OCH3 is 2. The normalized spacial score (nSPS) is 15.5. The van der Waals surface area contributed by atoms with Crippen molar-refractivity contribution in [2.45, 2.75) is 32.2 Å². The van der Waals surface area contributed by atoms with Gasteiger partial charge < -0.3 is 14.0 Å². The van der Waals surface area contributed by atoms with Gasteiger partial charge in [-0.2, -0.15) is 5.10 Å². The lowest BCUT2D eigenvalue weighted by Gasteiger charge is -2.22. The third-order valence-electron chi connectivity index (χ3n) is 5.86. The summed E-state index contributed by atoms with van der Waals surface area (Å²) in [6, 6.07) is 12.1. The number of hydrogen-bond acceptors (Lipinski definition) is 6. The lowest BCUT2D eigenvalue weighted by atomic mass is 9.91. The first-order valence-corrected chi connectivity index (χ1v) is 11.0. The molecule has 8 heteroatoms. The molecule has 0 saturated carbocycles. The molecule has 4 aromatic rings. The second-order valence-corrected chi connectivity index (χ2v) is 8.04. The molecule has 0 spiro atoms. The van der Waals surface area contributed by atoms with E-state index in [-0.39, 0.29) is 5.92 Å². The van der Waals surface area contributed by atoms with Crippen LogP contribution in [0, 0.1) is 6.92 Å². The van der Waals surface area contributed by atoms with E-state index < -0.39 is 0 Å². The van der Waals surface area contributed by atoms with E-state index in [1.54, 1.807) is 20.5 Å². The second kappa shape index (κ2) is 8.90. The Balaban J connectivity index is 1.39. The van der Waals surface area contributed by atoms with Crippen molar-refractivity contribution in [1.82, 2.24) is 29.3 Å². The summed E-state index contributed by atoms with van der Waals surface area (Å²) in [4.78, 5) is 13.7. The van der Waals surface area contributed by atoms with Gasteiger partial charge in [0.05, 0.1) is 31.9 Å². The third-order valence-corrected chi connectivity index (χ3v) is 5.86. The minimum absolute atomic E-state index is 0.232. The molecule has 0 aliphatic carbocycles. The molecular weight excluding hydrogens is 416 g/mol. The second-order valence-electron chi connectivity index (χ2n) is 8.04. The van der Waals surface area contributed by atoms with Crippen LogP contribution in [0.1, 0.15) is 47.4 Å². The molecule has 1 aromatic carbocycles. The highest BCUT2D eigenvalue weighted by molar-refractivity contribution is 5.65. The minimum atomic E-state index is 0.232. The van der Waals surface area contributed by atoms with Crippen molar-refractivity contribution < 1.29 is 9.47 Å². The summed E-state index contributed by atoms with van der Waals surface area (Å²) >= 11 is 0. The molecular formula is C25H26N6O2. The van der Waals surface area contributed by atoms with Gasteiger partial charge in [-0.1, -0.05) is 12.1 Å². The zero-order valence-electron chi connectivity index (χ0n) is 19.0. The Bertz CT molecular complexity index is 1290. The van der Waals surface area contributed by atoms with Crippen LogP contribution in [-0.2, 0) is 6.54 Å². The number of pyridine rings is 1. The summed E-state index contributed by atoms with van der Waals surface area (Å²) in [5, 5.41) is 4.71. The molecule has 0 saturated heterocycles. The first kappa shape index (κ1) is 20.9. The fourth-order valence-corrected chi connectivity index (χ4v) is 4.19. The largest absolute Gasteiger partial charge is 0.497 e. The molecule has 0 amide bonds. The van der Waals surface area contributed by atoms with Gasteiger partial charge in [0.1, 0.15) is 17.3 Å². The van der Waals surface area contributed by atoms with E-state index in [1.807, 2.05) is 58.8 Å². The van der Waals surface area contributed by atoms with E-state index >= 15 is 0 Å². The Labute approximate surface area is 192 Å². The summed E-state index contributed by atoms with van der Waals surface area (Å²) in [6.45, 7) is 2.83. The van der Waals surface area contributed by atoms with E-state index in [1.165, 1.54) is 5.56 Å². The van der Waals surface area contributed by atoms with Crippen LogP contribution < -0.4 is 9.47 Å². The van der Waals surface area contributed by atoms with Gasteiger partial charge in [0.25, 0.3) is 0 Å². The van der Waals surface area contributed by atoms with Gasteiger partial charge >= 0.3 is 0 Å². The van der Waals surface area contributed by atoms with E-state index in [4.69, 9.17) is 19.6 Å². The van der Waals surface area contributed by atoms with Crippen LogP contribution in [0.2, 0.25) is 0 Å².